The highest BCUT2D eigenvalue weighted by Gasteiger charge is 2.68. The maximum Gasteiger partial charge on any atom is 0.435 e. The van der Waals surface area contributed by atoms with Crippen LogP contribution >= 0.6 is 0 Å². The Bertz CT molecular complexity index is 1150. The Kier molecular flexibility index (Phi) is 6.11. The lowest BCUT2D eigenvalue weighted by molar-refractivity contribution is -0.142. The van der Waals surface area contributed by atoms with Gasteiger partial charge in [0.15, 0.2) is 5.69 Å². The van der Waals surface area contributed by atoms with E-state index in [4.69, 9.17) is 0 Å². The first-order valence-electron chi connectivity index (χ1n) is 11.3. The van der Waals surface area contributed by atoms with Crippen molar-refractivity contribution in [1.29, 1.82) is 0 Å². The van der Waals surface area contributed by atoms with Crippen LogP contribution in [-0.2, 0) is 23.9 Å². The molecule has 0 aromatic carbocycles. The van der Waals surface area contributed by atoms with Crippen LogP contribution in [0.3, 0.4) is 0 Å². The lowest BCUT2D eigenvalue weighted by atomic mass is 9.90. The summed E-state index contributed by atoms with van der Waals surface area (Å²) in [6, 6.07) is -1.25. The quantitative estimate of drug-likeness (QED) is 0.289. The first-order valence-corrected chi connectivity index (χ1v) is 11.3. The van der Waals surface area contributed by atoms with Crippen LogP contribution in [0.4, 0.5) is 54.3 Å². The number of anilines is 1. The summed E-state index contributed by atoms with van der Waals surface area (Å²) in [6.45, 7) is 5.91. The number of alkyl halides is 9. The molecule has 0 bridgehead atoms. The van der Waals surface area contributed by atoms with Gasteiger partial charge in [-0.1, -0.05) is 8.96 Å². The molecule has 0 spiro atoms. The summed E-state index contributed by atoms with van der Waals surface area (Å²) in [6.07, 6.45) is -6.81. The van der Waals surface area contributed by atoms with Crippen molar-refractivity contribution >= 4 is 5.82 Å². The van der Waals surface area contributed by atoms with Crippen LogP contribution in [0.2, 0.25) is 0 Å². The van der Waals surface area contributed by atoms with E-state index in [1.807, 2.05) is 0 Å². The summed E-state index contributed by atoms with van der Waals surface area (Å²) in [5, 5.41) is 4.96. The molecule has 2 heterocycles. The van der Waals surface area contributed by atoms with Gasteiger partial charge in [0.05, 0.1) is 5.56 Å². The average molecular weight is 553 g/mol. The fourth-order valence-electron chi connectivity index (χ4n) is 4.96. The second kappa shape index (κ2) is 8.22. The van der Waals surface area contributed by atoms with Crippen LogP contribution in [0.25, 0.3) is 0 Å². The smallest absolute Gasteiger partial charge is 0.260 e. The number of halogens is 11. The van der Waals surface area contributed by atoms with Crippen molar-refractivity contribution < 1.29 is 48.5 Å². The van der Waals surface area contributed by atoms with Gasteiger partial charge in [-0.25, -0.2) is 8.78 Å². The Morgan fingerprint density at radius 1 is 0.838 bits per heavy atom. The van der Waals surface area contributed by atoms with Crippen LogP contribution < -0.4 is 5.34 Å². The zero-order valence-corrected chi connectivity index (χ0v) is 19.8. The standard InChI is InChI=1S/C11H11F5N2.C10H11F6N3/c1-4(2)18-9-7(8(17-18)11(14,15)16)5-3-6(5)10(9,12)13;1-5(2)18-7-6(8(17-18)19(15)16)9(11,12)3-4-10(7,13)14/h4-6H,3H2,1-2H3;5H,3-4H2,1-2H3/t5-,6+;/m0./s1. The first kappa shape index (κ1) is 27.5. The molecular formula is C21H22F11N5. The van der Waals surface area contributed by atoms with E-state index in [0.717, 1.165) is 4.68 Å². The van der Waals surface area contributed by atoms with Crippen LogP contribution in [0.5, 0.6) is 0 Å². The number of hydrogen-bond donors (Lipinski definition) is 0. The van der Waals surface area contributed by atoms with Crippen LogP contribution in [-0.4, -0.2) is 19.6 Å². The van der Waals surface area contributed by atoms with Gasteiger partial charge in [0, 0.05) is 36.4 Å². The second-order valence-corrected chi connectivity index (χ2v) is 9.95. The van der Waals surface area contributed by atoms with Gasteiger partial charge in [0.25, 0.3) is 17.8 Å². The molecule has 2 aromatic rings. The summed E-state index contributed by atoms with van der Waals surface area (Å²) >= 11 is 0. The van der Waals surface area contributed by atoms with Gasteiger partial charge in [0.1, 0.15) is 11.4 Å². The Morgan fingerprint density at radius 3 is 1.84 bits per heavy atom. The van der Waals surface area contributed by atoms with Crippen LogP contribution in [0, 0.1) is 5.92 Å². The molecule has 3 aliphatic carbocycles. The molecule has 0 N–H and O–H groups in total. The molecule has 16 heteroatoms. The number of aromatic nitrogens is 4. The summed E-state index contributed by atoms with van der Waals surface area (Å²) in [5.74, 6) is -13.6. The molecule has 3 aliphatic rings. The van der Waals surface area contributed by atoms with Gasteiger partial charge in [0.2, 0.25) is 5.82 Å². The van der Waals surface area contributed by atoms with Crippen molar-refractivity contribution in [1.82, 2.24) is 19.6 Å². The summed E-state index contributed by atoms with van der Waals surface area (Å²) < 4.78 is 148. The predicted molar refractivity (Wildman–Crippen MR) is 107 cm³/mol. The van der Waals surface area contributed by atoms with Gasteiger partial charge in [-0.15, -0.1) is 5.10 Å². The highest BCUT2D eigenvalue weighted by molar-refractivity contribution is 5.51. The lowest BCUT2D eigenvalue weighted by Gasteiger charge is -2.30. The van der Waals surface area contributed by atoms with Crippen molar-refractivity contribution in [2.45, 2.75) is 88.9 Å². The minimum absolute atomic E-state index is 0.132. The molecule has 0 radical (unpaired) electrons. The molecule has 5 rings (SSSR count). The van der Waals surface area contributed by atoms with Crippen LogP contribution in [0.1, 0.15) is 93.2 Å². The largest absolute Gasteiger partial charge is 0.435 e. The highest BCUT2D eigenvalue weighted by atomic mass is 19.4. The molecule has 1 fully saturated rings. The zero-order valence-electron chi connectivity index (χ0n) is 19.8. The maximum absolute atomic E-state index is 14.0. The van der Waals surface area contributed by atoms with Crippen molar-refractivity contribution in [2.75, 3.05) is 5.34 Å². The molecule has 0 saturated heterocycles. The van der Waals surface area contributed by atoms with E-state index in [1.165, 1.54) is 13.8 Å². The minimum Gasteiger partial charge on any atom is -0.260 e. The van der Waals surface area contributed by atoms with Gasteiger partial charge < -0.3 is 0 Å². The Labute approximate surface area is 203 Å². The molecule has 208 valence electrons. The first-order chi connectivity index (χ1) is 16.7. The second-order valence-electron chi connectivity index (χ2n) is 9.95. The average Bonchev–Trinajstić information content (AvgIpc) is 3.15. The summed E-state index contributed by atoms with van der Waals surface area (Å²) in [7, 11) is 0. The van der Waals surface area contributed by atoms with E-state index < -0.39 is 94.5 Å². The lowest BCUT2D eigenvalue weighted by Crippen LogP contribution is -2.32. The monoisotopic (exact) mass is 553 g/mol. The summed E-state index contributed by atoms with van der Waals surface area (Å²) in [5.41, 5.74) is -4.41. The van der Waals surface area contributed by atoms with Crippen molar-refractivity contribution in [2.24, 2.45) is 5.92 Å². The number of nitrogens with zero attached hydrogens (tertiary/aromatic N) is 5. The Hall–Kier alpha value is -2.55. The van der Waals surface area contributed by atoms with E-state index in [2.05, 4.69) is 10.2 Å². The van der Waals surface area contributed by atoms with Gasteiger partial charge >= 0.3 is 6.18 Å². The molecular weight excluding hydrogens is 531 g/mol. The van der Waals surface area contributed by atoms with E-state index >= 15 is 0 Å². The molecule has 0 amide bonds. The molecule has 37 heavy (non-hydrogen) atoms. The predicted octanol–water partition coefficient (Wildman–Crippen LogP) is 7.71. The molecule has 0 aliphatic heterocycles. The van der Waals surface area contributed by atoms with Crippen molar-refractivity contribution in [3.8, 4) is 0 Å². The third-order valence-electron chi connectivity index (χ3n) is 6.65. The van der Waals surface area contributed by atoms with Crippen molar-refractivity contribution in [3.05, 3.63) is 28.2 Å². The Balaban J connectivity index is 0.000000173. The van der Waals surface area contributed by atoms with Gasteiger partial charge in [-0.05, 0) is 45.4 Å². The normalized spacial score (nSPS) is 24.4. The number of fused-ring (bicyclic) bond motifs is 4. The van der Waals surface area contributed by atoms with Crippen molar-refractivity contribution in [3.63, 3.8) is 0 Å². The molecule has 2 aromatic heterocycles. The summed E-state index contributed by atoms with van der Waals surface area (Å²) in [4.78, 5) is 0. The molecule has 2 atom stereocenters. The zero-order chi connectivity index (χ0) is 28.0. The number of rotatable bonds is 3. The van der Waals surface area contributed by atoms with E-state index in [0.29, 0.717) is 4.68 Å². The van der Waals surface area contributed by atoms with Crippen LogP contribution in [0.15, 0.2) is 0 Å². The minimum atomic E-state index is -4.67. The molecule has 5 nitrogen and oxygen atoms in total. The third kappa shape index (κ3) is 4.23. The third-order valence-corrected chi connectivity index (χ3v) is 6.65. The Morgan fingerprint density at radius 2 is 1.35 bits per heavy atom. The highest BCUT2D eigenvalue weighted by Crippen LogP contribution is 2.68. The fourth-order valence-corrected chi connectivity index (χ4v) is 4.96. The number of hydrogen-bond acceptors (Lipinski definition) is 3. The maximum atomic E-state index is 14.0. The molecule has 1 saturated carbocycles. The van der Waals surface area contributed by atoms with Gasteiger partial charge in [-0.2, -0.15) is 35.8 Å². The van der Waals surface area contributed by atoms with E-state index in [9.17, 15) is 48.5 Å². The topological polar surface area (TPSA) is 38.9 Å². The van der Waals surface area contributed by atoms with E-state index in [1.54, 1.807) is 13.8 Å². The molecule has 0 unspecified atom stereocenters. The SMILES string of the molecule is CC(C)n1nc(C(F)(F)F)c2c1C(F)(F)[C@@H]1C[C@H]21.CC(C)n1nc(N(F)F)c2c1C(F)(F)CCC2(F)F. The fraction of sp³-hybridized carbons (Fsp3) is 0.714. The van der Waals surface area contributed by atoms with Gasteiger partial charge in [-0.3, -0.25) is 9.36 Å². The van der Waals surface area contributed by atoms with E-state index in [-0.39, 0.29) is 12.0 Å².